The first kappa shape index (κ1) is 17.9. The number of morpholine rings is 1. The lowest BCUT2D eigenvalue weighted by Gasteiger charge is -2.36. The minimum atomic E-state index is -0.584. The van der Waals surface area contributed by atoms with E-state index < -0.39 is 6.10 Å². The molecule has 2 N–H and O–H groups in total. The molecule has 0 radical (unpaired) electrons. The van der Waals surface area contributed by atoms with Crippen LogP contribution in [0.25, 0.3) is 0 Å². The number of benzene rings is 1. The molecule has 7 nitrogen and oxygen atoms in total. The Kier molecular flexibility index (Phi) is 6.06. The summed E-state index contributed by atoms with van der Waals surface area (Å²) in [4.78, 5) is 16.3. The van der Waals surface area contributed by atoms with Gasteiger partial charge in [0.1, 0.15) is 5.75 Å². The monoisotopic (exact) mass is 364 g/mol. The van der Waals surface area contributed by atoms with Crippen LogP contribution >= 0.6 is 12.2 Å². The molecule has 2 aliphatic rings. The molecule has 1 saturated heterocycles. The zero-order valence-electron chi connectivity index (χ0n) is 14.4. The van der Waals surface area contributed by atoms with Crippen molar-refractivity contribution >= 4 is 28.9 Å². The second kappa shape index (κ2) is 8.46. The van der Waals surface area contributed by atoms with Crippen molar-refractivity contribution in [2.75, 3.05) is 57.9 Å². The number of ether oxygens (including phenoxy) is 2. The highest BCUT2D eigenvalue weighted by Gasteiger charge is 2.31. The summed E-state index contributed by atoms with van der Waals surface area (Å²) in [5, 5.41) is 6.55. The molecule has 25 heavy (non-hydrogen) atoms. The first-order valence-electron chi connectivity index (χ1n) is 8.52. The molecule has 1 fully saturated rings. The molecule has 0 saturated carbocycles. The Morgan fingerprint density at radius 2 is 2.08 bits per heavy atom. The number of anilines is 1. The number of carbonyl (C=O) groups is 1. The van der Waals surface area contributed by atoms with E-state index in [-0.39, 0.29) is 5.91 Å². The summed E-state index contributed by atoms with van der Waals surface area (Å²) >= 11 is 5.58. The highest BCUT2D eigenvalue weighted by molar-refractivity contribution is 7.80. The molecule has 0 aliphatic carbocycles. The average molecular weight is 364 g/mol. The van der Waals surface area contributed by atoms with E-state index in [4.69, 9.17) is 21.7 Å². The zero-order valence-corrected chi connectivity index (χ0v) is 15.2. The summed E-state index contributed by atoms with van der Waals surface area (Å²) in [6.45, 7) is 5.53. The van der Waals surface area contributed by atoms with Crippen molar-refractivity contribution in [1.29, 1.82) is 0 Å². The van der Waals surface area contributed by atoms with Crippen molar-refractivity contribution in [1.82, 2.24) is 15.5 Å². The molecule has 3 rings (SSSR count). The van der Waals surface area contributed by atoms with Gasteiger partial charge in [0.25, 0.3) is 5.91 Å². The third-order valence-corrected chi connectivity index (χ3v) is 4.73. The standard InChI is InChI=1S/C17H24N4O3S/c1-18-16(22)15-12-21(13-4-2-3-5-14(13)24-15)17(25)19-6-7-20-8-10-23-11-9-20/h2-5,15H,6-12H2,1H3,(H,18,22)(H,19,25)/t15-/m1/s1. The Morgan fingerprint density at radius 1 is 1.32 bits per heavy atom. The maximum absolute atomic E-state index is 12.0. The molecule has 0 aromatic heterocycles. The Morgan fingerprint density at radius 3 is 2.84 bits per heavy atom. The molecule has 136 valence electrons. The zero-order chi connectivity index (χ0) is 17.6. The van der Waals surface area contributed by atoms with Crippen LogP contribution in [0.4, 0.5) is 5.69 Å². The first-order valence-corrected chi connectivity index (χ1v) is 8.92. The fraction of sp³-hybridized carbons (Fsp3) is 0.529. The SMILES string of the molecule is CNC(=O)[C@H]1CN(C(=S)NCCN2CCOCC2)c2ccccc2O1. The van der Waals surface area contributed by atoms with E-state index >= 15 is 0 Å². The van der Waals surface area contributed by atoms with Crippen molar-refractivity contribution in [3.8, 4) is 5.75 Å². The molecular formula is C17H24N4O3S. The minimum absolute atomic E-state index is 0.157. The van der Waals surface area contributed by atoms with Crippen LogP contribution in [0.1, 0.15) is 0 Å². The second-order valence-corrected chi connectivity index (χ2v) is 6.37. The predicted octanol–water partition coefficient (Wildman–Crippen LogP) is 0.207. The van der Waals surface area contributed by atoms with Gasteiger partial charge >= 0.3 is 0 Å². The van der Waals surface area contributed by atoms with E-state index in [2.05, 4.69) is 15.5 Å². The number of likely N-dealkylation sites (N-methyl/N-ethyl adjacent to an activating group) is 1. The minimum Gasteiger partial charge on any atom is -0.477 e. The van der Waals surface area contributed by atoms with Gasteiger partial charge in [0.2, 0.25) is 0 Å². The van der Waals surface area contributed by atoms with Gasteiger partial charge < -0.3 is 25.0 Å². The summed E-state index contributed by atoms with van der Waals surface area (Å²) in [6.07, 6.45) is -0.584. The molecule has 2 aliphatic heterocycles. The van der Waals surface area contributed by atoms with E-state index in [1.165, 1.54) is 0 Å². The topological polar surface area (TPSA) is 66.1 Å². The number of rotatable bonds is 4. The highest BCUT2D eigenvalue weighted by atomic mass is 32.1. The number of thiocarbonyl (C=S) groups is 1. The van der Waals surface area contributed by atoms with Crippen LogP contribution in [0.3, 0.4) is 0 Å². The largest absolute Gasteiger partial charge is 0.477 e. The summed E-state index contributed by atoms with van der Waals surface area (Å²) in [5.74, 6) is 0.510. The smallest absolute Gasteiger partial charge is 0.262 e. The highest BCUT2D eigenvalue weighted by Crippen LogP contribution is 2.33. The van der Waals surface area contributed by atoms with Gasteiger partial charge in [-0.1, -0.05) is 12.1 Å². The number of nitrogens with one attached hydrogen (secondary N) is 2. The van der Waals surface area contributed by atoms with Crippen LogP contribution in [0.2, 0.25) is 0 Å². The average Bonchev–Trinajstić information content (AvgIpc) is 2.67. The lowest BCUT2D eigenvalue weighted by Crippen LogP contribution is -2.53. The predicted molar refractivity (Wildman–Crippen MR) is 100 cm³/mol. The molecule has 1 aromatic carbocycles. The number of carbonyl (C=O) groups excluding carboxylic acids is 1. The normalized spacial score (nSPS) is 20.4. The second-order valence-electron chi connectivity index (χ2n) is 5.99. The quantitative estimate of drug-likeness (QED) is 0.740. The van der Waals surface area contributed by atoms with Gasteiger partial charge in [-0.15, -0.1) is 0 Å². The fourth-order valence-electron chi connectivity index (χ4n) is 2.97. The van der Waals surface area contributed by atoms with E-state index in [9.17, 15) is 4.79 Å². The number of hydrogen-bond donors (Lipinski definition) is 2. The lowest BCUT2D eigenvalue weighted by atomic mass is 10.2. The van der Waals surface area contributed by atoms with Crippen molar-refractivity contribution in [2.45, 2.75) is 6.10 Å². The van der Waals surface area contributed by atoms with Crippen LogP contribution in [0.15, 0.2) is 24.3 Å². The Hall–Kier alpha value is -1.90. The van der Waals surface area contributed by atoms with Crippen molar-refractivity contribution < 1.29 is 14.3 Å². The number of para-hydroxylation sites is 2. The summed E-state index contributed by atoms with van der Waals surface area (Å²) in [5.41, 5.74) is 0.881. The van der Waals surface area contributed by atoms with Crippen LogP contribution in [-0.4, -0.2) is 75.0 Å². The first-order chi connectivity index (χ1) is 12.2. The maximum Gasteiger partial charge on any atom is 0.262 e. The molecule has 1 atom stereocenters. The molecule has 0 bridgehead atoms. The summed E-state index contributed by atoms with van der Waals surface area (Å²) < 4.78 is 11.2. The van der Waals surface area contributed by atoms with Gasteiger partial charge in [-0.25, -0.2) is 0 Å². The number of hydrogen-bond acceptors (Lipinski definition) is 5. The molecule has 8 heteroatoms. The van der Waals surface area contributed by atoms with Gasteiger partial charge in [0.15, 0.2) is 11.2 Å². The molecule has 2 heterocycles. The van der Waals surface area contributed by atoms with Crippen LogP contribution in [0.5, 0.6) is 5.75 Å². The number of amides is 1. The third kappa shape index (κ3) is 4.39. The van der Waals surface area contributed by atoms with Crippen LogP contribution in [0, 0.1) is 0 Å². The summed E-state index contributed by atoms with van der Waals surface area (Å²) in [7, 11) is 1.61. The maximum atomic E-state index is 12.0. The molecule has 0 unspecified atom stereocenters. The van der Waals surface area contributed by atoms with Crippen molar-refractivity contribution in [3.05, 3.63) is 24.3 Å². The van der Waals surface area contributed by atoms with Crippen LogP contribution in [-0.2, 0) is 9.53 Å². The summed E-state index contributed by atoms with van der Waals surface area (Å²) in [6, 6.07) is 7.63. The molecule has 1 aromatic rings. The molecule has 0 spiro atoms. The Balaban J connectivity index is 1.62. The number of fused-ring (bicyclic) bond motifs is 1. The van der Waals surface area contributed by atoms with E-state index in [0.29, 0.717) is 17.4 Å². The van der Waals surface area contributed by atoms with Gasteiger partial charge in [-0.2, -0.15) is 0 Å². The van der Waals surface area contributed by atoms with Gasteiger partial charge in [-0.3, -0.25) is 9.69 Å². The van der Waals surface area contributed by atoms with Gasteiger partial charge in [-0.05, 0) is 24.4 Å². The van der Waals surface area contributed by atoms with Crippen molar-refractivity contribution in [3.63, 3.8) is 0 Å². The van der Waals surface area contributed by atoms with E-state index in [1.54, 1.807) is 7.05 Å². The van der Waals surface area contributed by atoms with Crippen molar-refractivity contribution in [2.24, 2.45) is 0 Å². The Labute approximate surface area is 153 Å². The molecule has 1 amide bonds. The van der Waals surface area contributed by atoms with Gasteiger partial charge in [0.05, 0.1) is 25.4 Å². The lowest BCUT2D eigenvalue weighted by molar-refractivity contribution is -0.127. The van der Waals surface area contributed by atoms with Gasteiger partial charge in [0, 0.05) is 33.2 Å². The Bertz CT molecular complexity index is 622. The van der Waals surface area contributed by atoms with E-state index in [0.717, 1.165) is 45.1 Å². The third-order valence-electron chi connectivity index (χ3n) is 4.37. The fourth-order valence-corrected chi connectivity index (χ4v) is 3.24. The van der Waals surface area contributed by atoms with Crippen LogP contribution < -0.4 is 20.3 Å². The van der Waals surface area contributed by atoms with E-state index in [1.807, 2.05) is 29.2 Å². The molecular weight excluding hydrogens is 340 g/mol. The number of nitrogens with zero attached hydrogens (tertiary/aromatic N) is 2.